The van der Waals surface area contributed by atoms with E-state index < -0.39 is 0 Å². The fourth-order valence-corrected chi connectivity index (χ4v) is 3.64. The Labute approximate surface area is 181 Å². The van der Waals surface area contributed by atoms with Crippen LogP contribution in [0.1, 0.15) is 5.56 Å². The van der Waals surface area contributed by atoms with Crippen molar-refractivity contribution in [1.29, 1.82) is 0 Å². The number of halogens is 1. The molecule has 10 heteroatoms. The molecule has 0 spiro atoms. The summed E-state index contributed by atoms with van der Waals surface area (Å²) in [6.45, 7) is 1.91. The van der Waals surface area contributed by atoms with E-state index in [4.69, 9.17) is 16.3 Å². The topological polar surface area (TPSA) is 94.8 Å². The number of hydrogen-bond donors (Lipinski definition) is 1. The lowest BCUT2D eigenvalue weighted by atomic mass is 10.2. The van der Waals surface area contributed by atoms with Crippen LogP contribution in [0.5, 0.6) is 5.75 Å². The lowest BCUT2D eigenvalue weighted by Gasteiger charge is -2.07. The van der Waals surface area contributed by atoms with Crippen LogP contribution in [0, 0.1) is 6.92 Å². The molecule has 0 aliphatic rings. The maximum Gasteiger partial charge on any atom is 0.234 e. The molecule has 0 aliphatic heterocycles. The van der Waals surface area contributed by atoms with Crippen molar-refractivity contribution in [2.24, 2.45) is 0 Å². The first-order chi connectivity index (χ1) is 14.5. The van der Waals surface area contributed by atoms with Gasteiger partial charge >= 0.3 is 0 Å². The van der Waals surface area contributed by atoms with Crippen LogP contribution in [-0.2, 0) is 4.79 Å². The van der Waals surface area contributed by atoms with Gasteiger partial charge in [0.1, 0.15) is 17.1 Å². The Morgan fingerprint density at radius 3 is 2.73 bits per heavy atom. The number of carbonyl (C=O) groups is 1. The summed E-state index contributed by atoms with van der Waals surface area (Å²) in [7, 11) is 1.61. The van der Waals surface area contributed by atoms with E-state index in [1.807, 2.05) is 43.3 Å². The fraction of sp³-hybridized carbons (Fsp3) is 0.150. The number of aryl methyl sites for hydroxylation is 1. The van der Waals surface area contributed by atoms with Crippen LogP contribution < -0.4 is 10.1 Å². The molecule has 2 heterocycles. The van der Waals surface area contributed by atoms with Crippen molar-refractivity contribution >= 4 is 46.1 Å². The molecule has 1 amide bonds. The number of methoxy groups -OCH3 is 1. The Hall–Kier alpha value is -3.17. The molecule has 0 unspecified atom stereocenters. The van der Waals surface area contributed by atoms with Gasteiger partial charge in [0.15, 0.2) is 11.2 Å². The molecule has 0 aliphatic carbocycles. The van der Waals surface area contributed by atoms with Crippen LogP contribution in [0.15, 0.2) is 53.8 Å². The normalized spacial score (nSPS) is 10.9. The number of thioether (sulfide) groups is 1. The molecule has 152 valence electrons. The van der Waals surface area contributed by atoms with Crippen molar-refractivity contribution in [1.82, 2.24) is 25.0 Å². The minimum absolute atomic E-state index is 0.160. The van der Waals surface area contributed by atoms with Crippen LogP contribution >= 0.6 is 23.4 Å². The average molecular weight is 441 g/mol. The van der Waals surface area contributed by atoms with Crippen molar-refractivity contribution in [2.75, 3.05) is 18.2 Å². The summed E-state index contributed by atoms with van der Waals surface area (Å²) < 4.78 is 6.80. The number of aromatic nitrogens is 5. The van der Waals surface area contributed by atoms with Gasteiger partial charge in [-0.05, 0) is 48.9 Å². The third-order valence-corrected chi connectivity index (χ3v) is 5.70. The number of hydrogen-bond acceptors (Lipinski definition) is 7. The second-order valence-electron chi connectivity index (χ2n) is 6.35. The number of nitrogens with zero attached hydrogens (tertiary/aromatic N) is 5. The molecule has 4 aromatic rings. The summed E-state index contributed by atoms with van der Waals surface area (Å²) in [5.41, 5.74) is 3.48. The molecule has 0 fully saturated rings. The van der Waals surface area contributed by atoms with Crippen LogP contribution in [-0.4, -0.2) is 43.7 Å². The molecule has 0 saturated heterocycles. The Morgan fingerprint density at radius 2 is 2.00 bits per heavy atom. The first kappa shape index (κ1) is 20.1. The number of amides is 1. The first-order valence-electron chi connectivity index (χ1n) is 8.95. The van der Waals surface area contributed by atoms with Crippen molar-refractivity contribution in [2.45, 2.75) is 11.9 Å². The van der Waals surface area contributed by atoms with Crippen LogP contribution in [0.4, 0.5) is 5.69 Å². The minimum Gasteiger partial charge on any atom is -0.497 e. The predicted octanol–water partition coefficient (Wildman–Crippen LogP) is 3.91. The maximum atomic E-state index is 12.3. The van der Waals surface area contributed by atoms with Crippen molar-refractivity contribution in [3.63, 3.8) is 0 Å². The van der Waals surface area contributed by atoms with Gasteiger partial charge in [-0.1, -0.05) is 34.6 Å². The second-order valence-corrected chi connectivity index (χ2v) is 7.72. The Balaban J connectivity index is 1.50. The monoisotopic (exact) mass is 440 g/mol. The van der Waals surface area contributed by atoms with E-state index in [0.29, 0.717) is 26.9 Å². The van der Waals surface area contributed by atoms with E-state index in [1.165, 1.54) is 18.1 Å². The molecule has 0 bridgehead atoms. The van der Waals surface area contributed by atoms with E-state index in [2.05, 4.69) is 25.6 Å². The smallest absolute Gasteiger partial charge is 0.234 e. The van der Waals surface area contributed by atoms with E-state index in [-0.39, 0.29) is 11.7 Å². The Morgan fingerprint density at radius 1 is 1.20 bits per heavy atom. The average Bonchev–Trinajstić information content (AvgIpc) is 3.20. The molecule has 2 aromatic carbocycles. The number of benzene rings is 2. The number of ether oxygens (including phenoxy) is 1. The van der Waals surface area contributed by atoms with Gasteiger partial charge in [0.2, 0.25) is 5.91 Å². The van der Waals surface area contributed by atoms with Crippen LogP contribution in [0.2, 0.25) is 5.02 Å². The highest BCUT2D eigenvalue weighted by molar-refractivity contribution is 8.00. The van der Waals surface area contributed by atoms with Gasteiger partial charge in [0.05, 0.1) is 18.6 Å². The summed E-state index contributed by atoms with van der Waals surface area (Å²) >= 11 is 7.37. The molecule has 30 heavy (non-hydrogen) atoms. The van der Waals surface area contributed by atoms with Gasteiger partial charge in [0.25, 0.3) is 0 Å². The standard InChI is InChI=1S/C20H17ClN6O2S/c1-12-3-4-13(9-16(12)21)24-17(28)10-30-20-18-19(22-11-23-20)27(26-25-18)14-5-7-15(29-2)8-6-14/h3-9,11H,10H2,1-2H3,(H,24,28). The van der Waals surface area contributed by atoms with Crippen molar-refractivity contribution < 1.29 is 9.53 Å². The van der Waals surface area contributed by atoms with E-state index >= 15 is 0 Å². The first-order valence-corrected chi connectivity index (χ1v) is 10.3. The minimum atomic E-state index is -0.172. The zero-order valence-corrected chi connectivity index (χ0v) is 17.7. The maximum absolute atomic E-state index is 12.3. The summed E-state index contributed by atoms with van der Waals surface area (Å²) in [6, 6.07) is 12.8. The van der Waals surface area contributed by atoms with Crippen LogP contribution in [0.25, 0.3) is 16.9 Å². The number of anilines is 1. The van der Waals surface area contributed by atoms with Crippen molar-refractivity contribution in [3.8, 4) is 11.4 Å². The predicted molar refractivity (Wildman–Crippen MR) is 117 cm³/mol. The van der Waals surface area contributed by atoms with E-state index in [1.54, 1.807) is 17.9 Å². The molecule has 4 rings (SSSR count). The van der Waals surface area contributed by atoms with Gasteiger partial charge in [-0.25, -0.2) is 9.97 Å². The fourth-order valence-electron chi connectivity index (χ4n) is 2.73. The van der Waals surface area contributed by atoms with E-state index in [9.17, 15) is 4.79 Å². The summed E-state index contributed by atoms with van der Waals surface area (Å²) in [4.78, 5) is 20.9. The van der Waals surface area contributed by atoms with Crippen molar-refractivity contribution in [3.05, 3.63) is 59.4 Å². The molecular weight excluding hydrogens is 424 g/mol. The Bertz CT molecular complexity index is 1210. The highest BCUT2D eigenvalue weighted by Gasteiger charge is 2.15. The third kappa shape index (κ3) is 4.22. The molecule has 0 atom stereocenters. The van der Waals surface area contributed by atoms with Gasteiger partial charge in [-0.2, -0.15) is 4.68 Å². The zero-order chi connectivity index (χ0) is 21.1. The summed E-state index contributed by atoms with van der Waals surface area (Å²) in [5, 5.41) is 12.4. The summed E-state index contributed by atoms with van der Waals surface area (Å²) in [5.74, 6) is 0.733. The molecular formula is C20H17ClN6O2S. The number of fused-ring (bicyclic) bond motifs is 1. The molecule has 0 saturated carbocycles. The van der Waals surface area contributed by atoms with E-state index in [0.717, 1.165) is 17.0 Å². The number of carbonyl (C=O) groups excluding carboxylic acids is 1. The Kier molecular flexibility index (Phi) is 5.82. The third-order valence-electron chi connectivity index (χ3n) is 4.32. The zero-order valence-electron chi connectivity index (χ0n) is 16.2. The molecule has 2 aromatic heterocycles. The highest BCUT2D eigenvalue weighted by Crippen LogP contribution is 2.25. The number of rotatable bonds is 6. The lowest BCUT2D eigenvalue weighted by Crippen LogP contribution is -2.14. The van der Waals surface area contributed by atoms with Gasteiger partial charge in [0, 0.05) is 10.7 Å². The van der Waals surface area contributed by atoms with Crippen LogP contribution in [0.3, 0.4) is 0 Å². The highest BCUT2D eigenvalue weighted by atomic mass is 35.5. The summed E-state index contributed by atoms with van der Waals surface area (Å²) in [6.07, 6.45) is 1.44. The SMILES string of the molecule is COc1ccc(-n2nnc3c(SCC(=O)Nc4ccc(C)c(Cl)c4)ncnc32)cc1. The lowest BCUT2D eigenvalue weighted by molar-refractivity contribution is -0.113. The van der Waals surface area contributed by atoms with Gasteiger partial charge in [-0.15, -0.1) is 5.10 Å². The van der Waals surface area contributed by atoms with Gasteiger partial charge in [-0.3, -0.25) is 4.79 Å². The molecule has 8 nitrogen and oxygen atoms in total. The largest absolute Gasteiger partial charge is 0.497 e. The van der Waals surface area contributed by atoms with Gasteiger partial charge < -0.3 is 10.1 Å². The molecule has 1 N–H and O–H groups in total. The second kappa shape index (κ2) is 8.68. The quantitative estimate of drug-likeness (QED) is 0.358. The number of nitrogens with one attached hydrogen (secondary N) is 1. The molecule has 0 radical (unpaired) electrons.